The molecular weight excluding hydrogens is 770 g/mol. The second-order valence-corrected chi connectivity index (χ2v) is 15.9. The molecule has 13 nitrogen and oxygen atoms in total. The first kappa shape index (κ1) is 42.0. The van der Waals surface area contributed by atoms with Crippen LogP contribution in [0.1, 0.15) is 110 Å². The number of imide groups is 2. The molecule has 1 unspecified atom stereocenters. The molecule has 1 saturated heterocycles. The number of hydrogen-bond donors (Lipinski definition) is 3. The van der Waals surface area contributed by atoms with Crippen molar-refractivity contribution in [1.29, 1.82) is 0 Å². The number of unbranched alkanes of at least 4 members (excludes halogenated alkanes) is 4. The number of rotatable bonds is 17. The van der Waals surface area contributed by atoms with E-state index in [-0.39, 0.29) is 65.8 Å². The number of pyridine rings is 1. The molecule has 1 aliphatic carbocycles. The van der Waals surface area contributed by atoms with E-state index < -0.39 is 29.7 Å². The van der Waals surface area contributed by atoms with Gasteiger partial charge in [-0.05, 0) is 123 Å². The van der Waals surface area contributed by atoms with Crippen LogP contribution in [0, 0.1) is 17.7 Å². The largest absolute Gasteiger partial charge is 0.494 e. The Kier molecular flexibility index (Phi) is 13.5. The number of hydrogen-bond acceptors (Lipinski definition) is 9. The van der Waals surface area contributed by atoms with Crippen LogP contribution in [0.25, 0.3) is 10.9 Å². The highest BCUT2D eigenvalue weighted by Crippen LogP contribution is 2.41. The molecule has 1 aromatic heterocycles. The van der Waals surface area contributed by atoms with Crippen LogP contribution in [-0.2, 0) is 19.2 Å². The summed E-state index contributed by atoms with van der Waals surface area (Å²) in [4.78, 5) is 81.0. The summed E-state index contributed by atoms with van der Waals surface area (Å²) in [7, 11) is 0. The van der Waals surface area contributed by atoms with Crippen LogP contribution in [0.4, 0.5) is 10.1 Å². The van der Waals surface area contributed by atoms with Crippen molar-refractivity contribution in [3.63, 3.8) is 0 Å². The summed E-state index contributed by atoms with van der Waals surface area (Å²) in [5.74, 6) is -1.83. The van der Waals surface area contributed by atoms with Gasteiger partial charge >= 0.3 is 0 Å². The second kappa shape index (κ2) is 19.3. The molecule has 2 atom stereocenters. The molecule has 2 fully saturated rings. The van der Waals surface area contributed by atoms with Crippen molar-refractivity contribution in [3.8, 4) is 11.5 Å². The lowest BCUT2D eigenvalue weighted by Crippen LogP contribution is -2.54. The third-order valence-electron chi connectivity index (χ3n) is 11.9. The summed E-state index contributed by atoms with van der Waals surface area (Å²) in [6.45, 7) is 2.67. The number of anilines is 1. The van der Waals surface area contributed by atoms with Crippen LogP contribution >= 0.6 is 0 Å². The maximum absolute atomic E-state index is 14.0. The van der Waals surface area contributed by atoms with Gasteiger partial charge < -0.3 is 20.1 Å². The van der Waals surface area contributed by atoms with Crippen LogP contribution in [0.15, 0.2) is 72.9 Å². The standard InChI is InChI=1S/C46H50FN5O8/c1-28(29-10-12-30(13-11-29)34-22-24-48-37-19-14-31(47)26-36(34)37)43(55)50-32-15-17-33(18-16-32)59-25-6-4-2-3-5-23-49-41(54)27-60-39-9-7-8-35-42(39)46(58)52(45(35)57)38-20-21-40(53)51-44(38)56/h7-9,14-19,22,24,26,28-30,38H,2-6,10-13,20-21,23,25,27H2,1H3,(H,49,54)(H,50,55)(H,51,53,56)/t28-,29?,30?,38?/m1/s1. The molecular formula is C46H50FN5O8. The van der Waals surface area contributed by atoms with Gasteiger partial charge in [0.2, 0.25) is 17.7 Å². The Bertz CT molecular complexity index is 2260. The lowest BCUT2D eigenvalue weighted by atomic mass is 9.73. The lowest BCUT2D eigenvalue weighted by molar-refractivity contribution is -0.136. The minimum atomic E-state index is -1.09. The van der Waals surface area contributed by atoms with Gasteiger partial charge in [0.25, 0.3) is 17.7 Å². The van der Waals surface area contributed by atoms with Crippen LogP contribution in [0.5, 0.6) is 11.5 Å². The van der Waals surface area contributed by atoms with Gasteiger partial charge in [0.15, 0.2) is 6.61 Å². The number of nitrogens with zero attached hydrogens (tertiary/aromatic N) is 2. The number of ether oxygens (including phenoxy) is 2. The SMILES string of the molecule is C[C@@H](C(=O)Nc1ccc(OCCCCCCCNC(=O)COc2cccc3c2C(=O)N(C2CCC(=O)NC2=O)C3=O)cc1)C1CCC(c2ccnc3ccc(F)cc23)CC1. The van der Waals surface area contributed by atoms with E-state index >= 15 is 0 Å². The number of aromatic nitrogens is 1. The van der Waals surface area contributed by atoms with E-state index in [2.05, 4.69) is 20.9 Å². The predicted octanol–water partition coefficient (Wildman–Crippen LogP) is 6.85. The van der Waals surface area contributed by atoms with Gasteiger partial charge in [-0.3, -0.25) is 44.0 Å². The number of piperidine rings is 1. The number of nitrogens with one attached hydrogen (secondary N) is 3. The molecule has 314 valence electrons. The lowest BCUT2D eigenvalue weighted by Gasteiger charge is -2.32. The van der Waals surface area contributed by atoms with Crippen molar-refractivity contribution in [2.24, 2.45) is 11.8 Å². The molecule has 1 saturated carbocycles. The van der Waals surface area contributed by atoms with Gasteiger partial charge in [0.05, 0.1) is 23.3 Å². The number of fused-ring (bicyclic) bond motifs is 2. The summed E-state index contributed by atoms with van der Waals surface area (Å²) in [6.07, 6.45) is 10.1. The molecule has 0 radical (unpaired) electrons. The van der Waals surface area contributed by atoms with Crippen molar-refractivity contribution in [3.05, 3.63) is 95.4 Å². The van der Waals surface area contributed by atoms with E-state index in [9.17, 15) is 33.2 Å². The Hall–Kier alpha value is -6.18. The zero-order chi connectivity index (χ0) is 42.2. The van der Waals surface area contributed by atoms with Crippen LogP contribution in [-0.4, -0.2) is 71.1 Å². The van der Waals surface area contributed by atoms with Gasteiger partial charge in [0, 0.05) is 36.2 Å². The van der Waals surface area contributed by atoms with E-state index in [4.69, 9.17) is 9.47 Å². The Morgan fingerprint density at radius 1 is 0.883 bits per heavy atom. The van der Waals surface area contributed by atoms with Crippen molar-refractivity contribution in [1.82, 2.24) is 20.5 Å². The van der Waals surface area contributed by atoms with Crippen LogP contribution in [0.2, 0.25) is 0 Å². The summed E-state index contributed by atoms with van der Waals surface area (Å²) in [6, 6.07) is 17.6. The molecule has 14 heteroatoms. The Balaban J connectivity index is 0.739. The molecule has 0 spiro atoms. The fourth-order valence-electron chi connectivity index (χ4n) is 8.50. The fourth-order valence-corrected chi connectivity index (χ4v) is 8.50. The summed E-state index contributed by atoms with van der Waals surface area (Å²) >= 11 is 0. The first-order valence-electron chi connectivity index (χ1n) is 20.9. The first-order chi connectivity index (χ1) is 29.1. The van der Waals surface area contributed by atoms with Gasteiger partial charge in [0.1, 0.15) is 23.4 Å². The quantitative estimate of drug-likeness (QED) is 0.0761. The third kappa shape index (κ3) is 9.81. The minimum absolute atomic E-state index is 0.00190. The average Bonchev–Trinajstić information content (AvgIpc) is 3.51. The Morgan fingerprint density at radius 2 is 1.65 bits per heavy atom. The zero-order valence-corrected chi connectivity index (χ0v) is 33.7. The zero-order valence-electron chi connectivity index (χ0n) is 33.7. The van der Waals surface area contributed by atoms with Crippen molar-refractivity contribution in [2.75, 3.05) is 25.1 Å². The highest BCUT2D eigenvalue weighted by atomic mass is 19.1. The van der Waals surface area contributed by atoms with Crippen LogP contribution < -0.4 is 25.4 Å². The number of halogens is 1. The van der Waals surface area contributed by atoms with Gasteiger partial charge in [-0.15, -0.1) is 0 Å². The highest BCUT2D eigenvalue weighted by molar-refractivity contribution is 6.24. The molecule has 3 aromatic carbocycles. The number of benzene rings is 3. The average molecular weight is 820 g/mol. The molecule has 60 heavy (non-hydrogen) atoms. The van der Waals surface area contributed by atoms with Gasteiger partial charge in [-0.2, -0.15) is 0 Å². The highest BCUT2D eigenvalue weighted by Gasteiger charge is 2.46. The monoisotopic (exact) mass is 819 g/mol. The number of amides is 6. The fraction of sp³-hybridized carbons (Fsp3) is 0.413. The molecule has 3 heterocycles. The summed E-state index contributed by atoms with van der Waals surface area (Å²) in [5.41, 5.74) is 2.75. The van der Waals surface area contributed by atoms with E-state index in [0.717, 1.165) is 90.6 Å². The summed E-state index contributed by atoms with van der Waals surface area (Å²) in [5, 5.41) is 8.92. The van der Waals surface area contributed by atoms with E-state index in [0.29, 0.717) is 19.1 Å². The van der Waals surface area contributed by atoms with Gasteiger partial charge in [-0.1, -0.05) is 32.3 Å². The van der Waals surface area contributed by atoms with E-state index in [1.807, 2.05) is 37.3 Å². The third-order valence-corrected chi connectivity index (χ3v) is 11.9. The summed E-state index contributed by atoms with van der Waals surface area (Å²) < 4.78 is 25.6. The molecule has 3 aliphatic rings. The topological polar surface area (TPSA) is 173 Å². The maximum Gasteiger partial charge on any atom is 0.266 e. The van der Waals surface area contributed by atoms with Crippen molar-refractivity contribution >= 4 is 52.0 Å². The molecule has 7 rings (SSSR count). The number of carbonyl (C=O) groups is 6. The molecule has 0 bridgehead atoms. The van der Waals surface area contributed by atoms with Crippen molar-refractivity contribution < 1.29 is 42.6 Å². The minimum Gasteiger partial charge on any atom is -0.494 e. The smallest absolute Gasteiger partial charge is 0.266 e. The Labute approximate surface area is 347 Å². The van der Waals surface area contributed by atoms with E-state index in [1.54, 1.807) is 24.4 Å². The van der Waals surface area contributed by atoms with Crippen LogP contribution in [0.3, 0.4) is 0 Å². The number of carbonyl (C=O) groups excluding carboxylic acids is 6. The van der Waals surface area contributed by atoms with Gasteiger partial charge in [-0.25, -0.2) is 4.39 Å². The first-order valence-corrected chi connectivity index (χ1v) is 20.9. The predicted molar refractivity (Wildman–Crippen MR) is 221 cm³/mol. The molecule has 2 aliphatic heterocycles. The van der Waals surface area contributed by atoms with E-state index in [1.165, 1.54) is 18.2 Å². The molecule has 4 aromatic rings. The second-order valence-electron chi connectivity index (χ2n) is 15.9. The normalized spacial score (nSPS) is 19.4. The Morgan fingerprint density at radius 3 is 2.43 bits per heavy atom. The van der Waals surface area contributed by atoms with Crippen molar-refractivity contribution in [2.45, 2.75) is 89.5 Å². The molecule has 3 N–H and O–H groups in total. The molecule has 6 amide bonds. The maximum atomic E-state index is 14.0.